The molecule has 18 heavy (non-hydrogen) atoms. The summed E-state index contributed by atoms with van der Waals surface area (Å²) in [6, 6.07) is 0. The highest BCUT2D eigenvalue weighted by Gasteiger charge is 2.43. The second kappa shape index (κ2) is 5.34. The molecule has 1 amide bonds. The molecule has 0 spiro atoms. The Morgan fingerprint density at radius 3 is 2.44 bits per heavy atom. The zero-order valence-corrected chi connectivity index (χ0v) is 11.3. The molecule has 1 saturated carbocycles. The van der Waals surface area contributed by atoms with Crippen LogP contribution >= 0.6 is 11.8 Å². The van der Waals surface area contributed by atoms with Crippen LogP contribution in [0, 0.1) is 11.8 Å². The molecule has 2 aliphatic carbocycles. The summed E-state index contributed by atoms with van der Waals surface area (Å²) in [7, 11) is 0. The second-order valence-electron chi connectivity index (χ2n) is 5.10. The number of carboxylic acid groups (broad SMARTS) is 1. The molecule has 0 aliphatic heterocycles. The van der Waals surface area contributed by atoms with Gasteiger partial charge in [0.1, 0.15) is 0 Å². The summed E-state index contributed by atoms with van der Waals surface area (Å²) in [5, 5.41) is 12.1. The van der Waals surface area contributed by atoms with Gasteiger partial charge in [-0.3, -0.25) is 9.59 Å². The third kappa shape index (κ3) is 2.88. The zero-order chi connectivity index (χ0) is 13.2. The molecule has 0 radical (unpaired) electrons. The average molecular weight is 269 g/mol. The lowest BCUT2D eigenvalue weighted by Gasteiger charge is -2.25. The lowest BCUT2D eigenvalue weighted by atomic mass is 9.82. The fourth-order valence-corrected chi connectivity index (χ4v) is 3.08. The first-order valence-electron chi connectivity index (χ1n) is 6.29. The van der Waals surface area contributed by atoms with E-state index in [1.165, 1.54) is 0 Å². The number of allylic oxidation sites excluding steroid dienone is 2. The molecule has 2 atom stereocenters. The van der Waals surface area contributed by atoms with E-state index in [-0.39, 0.29) is 10.7 Å². The topological polar surface area (TPSA) is 66.4 Å². The molecular weight excluding hydrogens is 250 g/mol. The van der Waals surface area contributed by atoms with Gasteiger partial charge >= 0.3 is 5.97 Å². The summed E-state index contributed by atoms with van der Waals surface area (Å²) >= 11 is 1.79. The Labute approximate surface area is 111 Å². The smallest absolute Gasteiger partial charge is 0.307 e. The Kier molecular flexibility index (Phi) is 4.00. The maximum Gasteiger partial charge on any atom is 0.307 e. The Morgan fingerprint density at radius 1 is 1.33 bits per heavy atom. The van der Waals surface area contributed by atoms with Crippen LogP contribution in [0.2, 0.25) is 0 Å². The Hall–Kier alpha value is -0.970. The summed E-state index contributed by atoms with van der Waals surface area (Å²) in [6.07, 6.45) is 9.10. The number of nitrogens with one attached hydrogen (secondary N) is 1. The van der Waals surface area contributed by atoms with Crippen molar-refractivity contribution in [2.75, 3.05) is 12.8 Å². The van der Waals surface area contributed by atoms with Crippen LogP contribution < -0.4 is 5.32 Å². The van der Waals surface area contributed by atoms with Crippen molar-refractivity contribution in [1.82, 2.24) is 5.32 Å². The van der Waals surface area contributed by atoms with Crippen molar-refractivity contribution in [1.29, 1.82) is 0 Å². The molecule has 5 heteroatoms. The van der Waals surface area contributed by atoms with Crippen LogP contribution in [-0.4, -0.2) is 34.5 Å². The number of carboxylic acids is 1. The minimum atomic E-state index is -0.870. The van der Waals surface area contributed by atoms with Crippen molar-refractivity contribution < 1.29 is 14.7 Å². The van der Waals surface area contributed by atoms with Gasteiger partial charge in [-0.15, -0.1) is 0 Å². The van der Waals surface area contributed by atoms with Crippen molar-refractivity contribution in [2.24, 2.45) is 11.8 Å². The Bertz CT molecular complexity index is 376. The van der Waals surface area contributed by atoms with Crippen LogP contribution in [0.5, 0.6) is 0 Å². The molecule has 0 aromatic carbocycles. The first-order chi connectivity index (χ1) is 8.58. The summed E-state index contributed by atoms with van der Waals surface area (Å²) in [6.45, 7) is 0.666. The summed E-state index contributed by atoms with van der Waals surface area (Å²) in [4.78, 5) is 23.2. The monoisotopic (exact) mass is 269 g/mol. The van der Waals surface area contributed by atoms with Gasteiger partial charge in [0.25, 0.3) is 0 Å². The van der Waals surface area contributed by atoms with Crippen molar-refractivity contribution in [3.05, 3.63) is 12.2 Å². The highest BCUT2D eigenvalue weighted by molar-refractivity contribution is 8.00. The maximum atomic E-state index is 12.1. The molecule has 100 valence electrons. The molecule has 0 aromatic rings. The van der Waals surface area contributed by atoms with Crippen molar-refractivity contribution in [3.8, 4) is 0 Å². The first-order valence-corrected chi connectivity index (χ1v) is 7.51. The fourth-order valence-electron chi connectivity index (χ4n) is 2.35. The molecule has 0 aromatic heterocycles. The third-order valence-corrected chi connectivity index (χ3v) is 5.33. The molecule has 2 unspecified atom stereocenters. The molecule has 2 N–H and O–H groups in total. The largest absolute Gasteiger partial charge is 0.481 e. The van der Waals surface area contributed by atoms with E-state index in [0.717, 1.165) is 12.8 Å². The van der Waals surface area contributed by atoms with Gasteiger partial charge in [0.2, 0.25) is 5.91 Å². The van der Waals surface area contributed by atoms with E-state index in [9.17, 15) is 9.59 Å². The molecule has 0 heterocycles. The summed E-state index contributed by atoms with van der Waals surface area (Å²) in [5.41, 5.74) is 0. The predicted molar refractivity (Wildman–Crippen MR) is 71.5 cm³/mol. The van der Waals surface area contributed by atoms with Gasteiger partial charge < -0.3 is 10.4 Å². The average Bonchev–Trinajstić information content (AvgIpc) is 3.16. The highest BCUT2D eigenvalue weighted by Crippen LogP contribution is 2.46. The van der Waals surface area contributed by atoms with E-state index < -0.39 is 17.8 Å². The van der Waals surface area contributed by atoms with Crippen LogP contribution in [0.3, 0.4) is 0 Å². The molecule has 0 bridgehead atoms. The quantitative estimate of drug-likeness (QED) is 0.745. The maximum absolute atomic E-state index is 12.1. The lowest BCUT2D eigenvalue weighted by Crippen LogP contribution is -2.41. The summed E-state index contributed by atoms with van der Waals surface area (Å²) < 4.78 is 0.221. The Balaban J connectivity index is 1.91. The van der Waals surface area contributed by atoms with E-state index in [2.05, 4.69) is 11.6 Å². The van der Waals surface area contributed by atoms with Gasteiger partial charge in [-0.05, 0) is 31.9 Å². The highest BCUT2D eigenvalue weighted by atomic mass is 32.2. The lowest BCUT2D eigenvalue weighted by molar-refractivity contribution is -0.147. The van der Waals surface area contributed by atoms with Gasteiger partial charge in [-0.25, -0.2) is 0 Å². The number of hydrogen-bond donors (Lipinski definition) is 2. The van der Waals surface area contributed by atoms with E-state index in [1.807, 2.05) is 12.2 Å². The van der Waals surface area contributed by atoms with Gasteiger partial charge in [0.15, 0.2) is 0 Å². The van der Waals surface area contributed by atoms with Crippen LogP contribution in [-0.2, 0) is 9.59 Å². The number of carbonyl (C=O) groups is 2. The minimum Gasteiger partial charge on any atom is -0.481 e. The number of carbonyl (C=O) groups excluding carboxylic acids is 1. The van der Waals surface area contributed by atoms with Crippen LogP contribution in [0.25, 0.3) is 0 Å². The van der Waals surface area contributed by atoms with E-state index in [0.29, 0.717) is 19.4 Å². The van der Waals surface area contributed by atoms with Gasteiger partial charge in [-0.1, -0.05) is 12.2 Å². The molecule has 4 nitrogen and oxygen atoms in total. The van der Waals surface area contributed by atoms with Crippen molar-refractivity contribution >= 4 is 23.6 Å². The van der Waals surface area contributed by atoms with Crippen LogP contribution in [0.1, 0.15) is 25.7 Å². The molecule has 1 fully saturated rings. The SMILES string of the molecule is CSC1(CNC(=O)C2CC=CCC2C(=O)O)CC1. The minimum absolute atomic E-state index is 0.105. The molecule has 0 saturated heterocycles. The fraction of sp³-hybridized carbons (Fsp3) is 0.692. The van der Waals surface area contributed by atoms with E-state index >= 15 is 0 Å². The normalized spacial score (nSPS) is 28.7. The van der Waals surface area contributed by atoms with Crippen molar-refractivity contribution in [3.63, 3.8) is 0 Å². The Morgan fingerprint density at radius 2 is 1.94 bits per heavy atom. The standard InChI is InChI=1S/C13H19NO3S/c1-18-13(6-7-13)8-14-11(15)9-4-2-3-5-10(9)12(16)17/h2-3,9-10H,4-8H2,1H3,(H,14,15)(H,16,17). The van der Waals surface area contributed by atoms with Gasteiger partial charge in [0, 0.05) is 11.3 Å². The van der Waals surface area contributed by atoms with Crippen molar-refractivity contribution in [2.45, 2.75) is 30.4 Å². The van der Waals surface area contributed by atoms with Gasteiger partial charge in [0.05, 0.1) is 11.8 Å². The molecular formula is C13H19NO3S. The van der Waals surface area contributed by atoms with E-state index in [1.54, 1.807) is 11.8 Å². The summed E-state index contributed by atoms with van der Waals surface area (Å²) in [5.74, 6) is -1.96. The molecule has 2 aliphatic rings. The number of thioether (sulfide) groups is 1. The zero-order valence-electron chi connectivity index (χ0n) is 10.5. The van der Waals surface area contributed by atoms with Gasteiger partial charge in [-0.2, -0.15) is 11.8 Å². The van der Waals surface area contributed by atoms with Crippen LogP contribution in [0.15, 0.2) is 12.2 Å². The van der Waals surface area contributed by atoms with E-state index in [4.69, 9.17) is 5.11 Å². The number of rotatable bonds is 5. The second-order valence-corrected chi connectivity index (χ2v) is 6.37. The van der Waals surface area contributed by atoms with Crippen LogP contribution in [0.4, 0.5) is 0 Å². The number of amides is 1. The third-order valence-electron chi connectivity index (χ3n) is 3.91. The predicted octanol–water partition coefficient (Wildman–Crippen LogP) is 1.67. The first kappa shape index (κ1) is 13.5. The number of aliphatic carboxylic acids is 1. The number of hydrogen-bond acceptors (Lipinski definition) is 3. The molecule has 2 rings (SSSR count).